The van der Waals surface area contributed by atoms with Crippen LogP contribution in [-0.4, -0.2) is 19.2 Å². The minimum Gasteiger partial charge on any atom is -0.496 e. The van der Waals surface area contributed by atoms with Crippen molar-refractivity contribution in [2.45, 2.75) is 33.3 Å². The number of Topliss-reactive ketones (excluding diaryl/α,β-unsaturated/α-hetero) is 1. The molecule has 0 heterocycles. The Balaban J connectivity index is 2.27. The lowest BCUT2D eigenvalue weighted by molar-refractivity contribution is 0.101. The van der Waals surface area contributed by atoms with Crippen LogP contribution in [0.3, 0.4) is 0 Å². The van der Waals surface area contributed by atoms with Gasteiger partial charge in [0.25, 0.3) is 0 Å². The standard InChI is InChI=1S/C20H22O4/c1-4-5-19-16(8-11-18(14(2)22)20(19)23-3)13-24-17-9-6-15(12-21)7-10-17/h6-12H,4-5,13H2,1-3H3. The molecule has 0 saturated heterocycles. The maximum absolute atomic E-state index is 11.8. The molecule has 0 radical (unpaired) electrons. The first-order valence-corrected chi connectivity index (χ1v) is 7.98. The number of benzene rings is 2. The van der Waals surface area contributed by atoms with Crippen molar-refractivity contribution in [3.8, 4) is 11.5 Å². The molecule has 24 heavy (non-hydrogen) atoms. The van der Waals surface area contributed by atoms with Crippen LogP contribution < -0.4 is 9.47 Å². The van der Waals surface area contributed by atoms with Gasteiger partial charge in [0, 0.05) is 11.1 Å². The molecule has 4 nitrogen and oxygen atoms in total. The van der Waals surface area contributed by atoms with Gasteiger partial charge in [0.05, 0.1) is 12.7 Å². The summed E-state index contributed by atoms with van der Waals surface area (Å²) in [5.41, 5.74) is 3.22. The van der Waals surface area contributed by atoms with Crippen molar-refractivity contribution < 1.29 is 19.1 Å². The Morgan fingerprint density at radius 2 is 1.83 bits per heavy atom. The first-order valence-electron chi connectivity index (χ1n) is 7.98. The third kappa shape index (κ3) is 4.02. The third-order valence-corrected chi connectivity index (χ3v) is 3.85. The van der Waals surface area contributed by atoms with E-state index in [4.69, 9.17) is 9.47 Å². The van der Waals surface area contributed by atoms with Crippen LogP contribution in [0.15, 0.2) is 36.4 Å². The van der Waals surface area contributed by atoms with Gasteiger partial charge in [-0.3, -0.25) is 9.59 Å². The second-order valence-electron chi connectivity index (χ2n) is 5.57. The first-order chi connectivity index (χ1) is 11.6. The van der Waals surface area contributed by atoms with E-state index in [9.17, 15) is 9.59 Å². The fourth-order valence-electron chi connectivity index (χ4n) is 2.64. The van der Waals surface area contributed by atoms with Gasteiger partial charge in [-0.2, -0.15) is 0 Å². The third-order valence-electron chi connectivity index (χ3n) is 3.85. The number of hydrogen-bond acceptors (Lipinski definition) is 4. The summed E-state index contributed by atoms with van der Waals surface area (Å²) in [5, 5.41) is 0. The Hall–Kier alpha value is -2.62. The van der Waals surface area contributed by atoms with Crippen LogP contribution in [0.4, 0.5) is 0 Å². The maximum atomic E-state index is 11.8. The minimum atomic E-state index is -0.0128. The minimum absolute atomic E-state index is 0.0128. The topological polar surface area (TPSA) is 52.6 Å². The molecule has 0 aliphatic carbocycles. The fourth-order valence-corrected chi connectivity index (χ4v) is 2.64. The van der Waals surface area contributed by atoms with Crippen LogP contribution in [0.5, 0.6) is 11.5 Å². The Kier molecular flexibility index (Phi) is 6.13. The van der Waals surface area contributed by atoms with Crippen LogP contribution in [0.2, 0.25) is 0 Å². The van der Waals surface area contributed by atoms with Gasteiger partial charge in [-0.15, -0.1) is 0 Å². The molecule has 0 spiro atoms. The van der Waals surface area contributed by atoms with E-state index in [0.717, 1.165) is 30.3 Å². The van der Waals surface area contributed by atoms with E-state index in [0.29, 0.717) is 29.2 Å². The van der Waals surface area contributed by atoms with E-state index in [1.807, 2.05) is 6.07 Å². The zero-order valence-corrected chi connectivity index (χ0v) is 14.3. The molecule has 2 rings (SSSR count). The zero-order valence-electron chi connectivity index (χ0n) is 14.3. The number of hydrogen-bond donors (Lipinski definition) is 0. The zero-order chi connectivity index (χ0) is 17.5. The van der Waals surface area contributed by atoms with Crippen molar-refractivity contribution in [3.05, 3.63) is 58.7 Å². The SMILES string of the molecule is CCCc1c(COc2ccc(C=O)cc2)ccc(C(C)=O)c1OC. The summed E-state index contributed by atoms with van der Waals surface area (Å²) in [4.78, 5) is 22.5. The summed E-state index contributed by atoms with van der Waals surface area (Å²) in [6.07, 6.45) is 2.56. The largest absolute Gasteiger partial charge is 0.496 e. The van der Waals surface area contributed by atoms with Crippen molar-refractivity contribution in [3.63, 3.8) is 0 Å². The number of rotatable bonds is 8. The number of carbonyl (C=O) groups excluding carboxylic acids is 2. The predicted molar refractivity (Wildman–Crippen MR) is 93.2 cm³/mol. The Bertz CT molecular complexity index is 717. The van der Waals surface area contributed by atoms with E-state index in [2.05, 4.69) is 6.92 Å². The number of ketones is 1. The summed E-state index contributed by atoms with van der Waals surface area (Å²) in [6.45, 7) is 4.01. The van der Waals surface area contributed by atoms with Crippen molar-refractivity contribution >= 4 is 12.1 Å². The van der Waals surface area contributed by atoms with Gasteiger partial charge >= 0.3 is 0 Å². The van der Waals surface area contributed by atoms with Crippen molar-refractivity contribution in [2.24, 2.45) is 0 Å². The van der Waals surface area contributed by atoms with Gasteiger partial charge in [-0.05, 0) is 49.2 Å². The van der Waals surface area contributed by atoms with Gasteiger partial charge in [0.1, 0.15) is 24.4 Å². The average Bonchev–Trinajstić information content (AvgIpc) is 2.60. The Morgan fingerprint density at radius 3 is 2.38 bits per heavy atom. The molecule has 126 valence electrons. The molecule has 0 aliphatic heterocycles. The van der Waals surface area contributed by atoms with Gasteiger partial charge in [0.2, 0.25) is 0 Å². The summed E-state index contributed by atoms with van der Waals surface area (Å²) < 4.78 is 11.3. The van der Waals surface area contributed by atoms with E-state index < -0.39 is 0 Å². The van der Waals surface area contributed by atoms with Crippen LogP contribution in [0, 0.1) is 0 Å². The van der Waals surface area contributed by atoms with Crippen LogP contribution in [0.1, 0.15) is 52.1 Å². The van der Waals surface area contributed by atoms with Crippen molar-refractivity contribution in [1.29, 1.82) is 0 Å². The van der Waals surface area contributed by atoms with Gasteiger partial charge < -0.3 is 9.47 Å². The number of aldehydes is 1. The van der Waals surface area contributed by atoms with E-state index in [-0.39, 0.29) is 5.78 Å². The predicted octanol–water partition coefficient (Wildman–Crippen LogP) is 4.24. The highest BCUT2D eigenvalue weighted by molar-refractivity contribution is 5.97. The quantitative estimate of drug-likeness (QED) is 0.538. The molecular formula is C20H22O4. The molecule has 0 saturated carbocycles. The van der Waals surface area contributed by atoms with Crippen molar-refractivity contribution in [2.75, 3.05) is 7.11 Å². The normalized spacial score (nSPS) is 10.3. The van der Waals surface area contributed by atoms with E-state index in [1.165, 1.54) is 0 Å². The highest BCUT2D eigenvalue weighted by Crippen LogP contribution is 2.30. The Labute approximate surface area is 142 Å². The molecule has 2 aromatic rings. The fraction of sp³-hybridized carbons (Fsp3) is 0.300. The molecule has 0 unspecified atom stereocenters. The van der Waals surface area contributed by atoms with E-state index >= 15 is 0 Å². The molecule has 0 aliphatic rings. The van der Waals surface area contributed by atoms with Gasteiger partial charge in [0.15, 0.2) is 5.78 Å². The second-order valence-corrected chi connectivity index (χ2v) is 5.57. The summed E-state index contributed by atoms with van der Waals surface area (Å²) in [6, 6.07) is 10.7. The molecule has 0 N–H and O–H groups in total. The molecule has 0 atom stereocenters. The lowest BCUT2D eigenvalue weighted by Crippen LogP contribution is -2.07. The maximum Gasteiger partial charge on any atom is 0.163 e. The number of carbonyl (C=O) groups is 2. The first kappa shape index (κ1) is 17.7. The van der Waals surface area contributed by atoms with Crippen LogP contribution in [0.25, 0.3) is 0 Å². The molecule has 0 fully saturated rings. The molecule has 4 heteroatoms. The van der Waals surface area contributed by atoms with Crippen molar-refractivity contribution in [1.82, 2.24) is 0 Å². The summed E-state index contributed by atoms with van der Waals surface area (Å²) in [5.74, 6) is 1.32. The summed E-state index contributed by atoms with van der Waals surface area (Å²) >= 11 is 0. The van der Waals surface area contributed by atoms with Gasteiger partial charge in [-0.1, -0.05) is 19.4 Å². The number of methoxy groups -OCH3 is 1. The molecule has 0 amide bonds. The highest BCUT2D eigenvalue weighted by atomic mass is 16.5. The van der Waals surface area contributed by atoms with Gasteiger partial charge in [-0.25, -0.2) is 0 Å². The van der Waals surface area contributed by atoms with Crippen LogP contribution in [-0.2, 0) is 13.0 Å². The summed E-state index contributed by atoms with van der Waals surface area (Å²) in [7, 11) is 1.59. The molecular weight excluding hydrogens is 304 g/mol. The monoisotopic (exact) mass is 326 g/mol. The second kappa shape index (κ2) is 8.29. The highest BCUT2D eigenvalue weighted by Gasteiger charge is 2.16. The number of ether oxygens (including phenoxy) is 2. The average molecular weight is 326 g/mol. The van der Waals surface area contributed by atoms with Crippen LogP contribution >= 0.6 is 0 Å². The molecule has 0 aromatic heterocycles. The van der Waals surface area contributed by atoms with E-state index in [1.54, 1.807) is 44.4 Å². The lowest BCUT2D eigenvalue weighted by atomic mass is 9.97. The molecule has 2 aromatic carbocycles. The smallest absolute Gasteiger partial charge is 0.163 e. The Morgan fingerprint density at radius 1 is 1.12 bits per heavy atom. The molecule has 0 bridgehead atoms. The lowest BCUT2D eigenvalue weighted by Gasteiger charge is -2.17.